The minimum Gasteiger partial charge on any atom is -0.481 e. The molecule has 216 valence electrons. The Labute approximate surface area is 252 Å². The van der Waals surface area contributed by atoms with Crippen LogP contribution in [0, 0.1) is 0 Å². The molecule has 0 bridgehead atoms. The van der Waals surface area contributed by atoms with Gasteiger partial charge in [0.2, 0.25) is 5.95 Å². The molecule has 0 aliphatic heterocycles. The van der Waals surface area contributed by atoms with Crippen molar-refractivity contribution in [3.8, 4) is 17.3 Å². The first-order valence-electron chi connectivity index (χ1n) is 13.8. The SMILES string of the molecule is [B]c1ccc2c(c1)c(C(=O)CCC(=O)O)cn2-c1nc(NC(Cc2ccccc2)C(=O)O)c2cc(-c3ccco3)ccc2n1. The van der Waals surface area contributed by atoms with Gasteiger partial charge in [0.25, 0.3) is 0 Å². The standard InChI is InChI=1S/C33H25BN4O6/c34-21-9-11-27-22(17-21)24(28(39)12-13-30(40)41)18-38(27)33-36-25-10-8-20(29-7-4-14-44-29)16-23(25)31(37-33)35-26(32(42)43)15-19-5-2-1-3-6-19/h1-11,14,16-18,26H,12-13,15H2,(H,40,41)(H,42,43)(H,35,36,37). The molecule has 0 spiro atoms. The van der Waals surface area contributed by atoms with E-state index in [0.29, 0.717) is 33.0 Å². The maximum Gasteiger partial charge on any atom is 0.326 e. The summed E-state index contributed by atoms with van der Waals surface area (Å²) in [5, 5.41) is 23.5. The summed E-state index contributed by atoms with van der Waals surface area (Å²) in [6.45, 7) is 0. The monoisotopic (exact) mass is 584 g/mol. The van der Waals surface area contributed by atoms with Crippen LogP contribution in [0.2, 0.25) is 0 Å². The smallest absolute Gasteiger partial charge is 0.326 e. The highest BCUT2D eigenvalue weighted by Crippen LogP contribution is 2.31. The number of benzene rings is 3. The number of ketones is 1. The van der Waals surface area contributed by atoms with Crippen LogP contribution in [0.5, 0.6) is 0 Å². The highest BCUT2D eigenvalue weighted by molar-refractivity contribution is 6.33. The predicted octanol–water partition coefficient (Wildman–Crippen LogP) is 4.78. The third kappa shape index (κ3) is 5.80. The summed E-state index contributed by atoms with van der Waals surface area (Å²) in [4.78, 5) is 46.2. The number of hydrogen-bond donors (Lipinski definition) is 3. The Morgan fingerprint density at radius 3 is 2.45 bits per heavy atom. The van der Waals surface area contributed by atoms with Crippen LogP contribution in [0.15, 0.2) is 95.7 Å². The topological polar surface area (TPSA) is 148 Å². The van der Waals surface area contributed by atoms with E-state index in [0.717, 1.165) is 11.1 Å². The molecule has 6 rings (SSSR count). The zero-order valence-electron chi connectivity index (χ0n) is 23.3. The van der Waals surface area contributed by atoms with Crippen molar-refractivity contribution < 1.29 is 29.0 Å². The van der Waals surface area contributed by atoms with E-state index in [2.05, 4.69) is 5.32 Å². The lowest BCUT2D eigenvalue weighted by molar-refractivity contribution is -0.138. The molecule has 10 nitrogen and oxygen atoms in total. The number of nitrogens with one attached hydrogen (secondary N) is 1. The van der Waals surface area contributed by atoms with Crippen LogP contribution < -0.4 is 10.8 Å². The van der Waals surface area contributed by atoms with Crippen molar-refractivity contribution >= 4 is 58.7 Å². The number of carboxylic acid groups (broad SMARTS) is 2. The summed E-state index contributed by atoms with van der Waals surface area (Å²) in [6.07, 6.45) is 2.82. The average molecular weight is 584 g/mol. The van der Waals surface area contributed by atoms with Crippen molar-refractivity contribution in [2.45, 2.75) is 25.3 Å². The number of carbonyl (C=O) groups excluding carboxylic acids is 1. The second-order valence-electron chi connectivity index (χ2n) is 10.3. The number of aromatic nitrogens is 3. The lowest BCUT2D eigenvalue weighted by atomic mass is 9.93. The van der Waals surface area contributed by atoms with Gasteiger partial charge in [-0.05, 0) is 42.0 Å². The fourth-order valence-corrected chi connectivity index (χ4v) is 5.14. The van der Waals surface area contributed by atoms with Gasteiger partial charge in [-0.15, -0.1) is 0 Å². The summed E-state index contributed by atoms with van der Waals surface area (Å²) in [5.41, 5.74) is 3.40. The fourth-order valence-electron chi connectivity index (χ4n) is 5.14. The van der Waals surface area contributed by atoms with Gasteiger partial charge in [0.05, 0.1) is 23.7 Å². The highest BCUT2D eigenvalue weighted by Gasteiger charge is 2.23. The lowest BCUT2D eigenvalue weighted by Crippen LogP contribution is -2.32. The molecule has 3 N–H and O–H groups in total. The summed E-state index contributed by atoms with van der Waals surface area (Å²) in [7, 11) is 6.04. The van der Waals surface area contributed by atoms with Crippen LogP contribution in [0.1, 0.15) is 28.8 Å². The van der Waals surface area contributed by atoms with Crippen LogP contribution in [-0.2, 0) is 16.0 Å². The Balaban J connectivity index is 1.51. The van der Waals surface area contributed by atoms with Crippen molar-refractivity contribution in [1.29, 1.82) is 0 Å². The first-order chi connectivity index (χ1) is 21.3. The number of anilines is 1. The van der Waals surface area contributed by atoms with Crippen molar-refractivity contribution in [2.24, 2.45) is 0 Å². The molecule has 6 aromatic rings. The van der Waals surface area contributed by atoms with Gasteiger partial charge in [0.1, 0.15) is 25.5 Å². The predicted molar refractivity (Wildman–Crippen MR) is 166 cm³/mol. The van der Waals surface area contributed by atoms with E-state index in [1.807, 2.05) is 48.5 Å². The first-order valence-corrected chi connectivity index (χ1v) is 13.8. The van der Waals surface area contributed by atoms with Gasteiger partial charge < -0.3 is 19.9 Å². The number of nitrogens with zero attached hydrogens (tertiary/aromatic N) is 3. The molecule has 3 heterocycles. The Kier molecular flexibility index (Phi) is 7.68. The number of fused-ring (bicyclic) bond motifs is 2. The minimum absolute atomic E-state index is 0.182. The number of Topliss-reactive ketones (excluding diaryl/α,β-unsaturated/α-hetero) is 1. The van der Waals surface area contributed by atoms with Gasteiger partial charge in [-0.1, -0.05) is 47.9 Å². The molecule has 0 saturated heterocycles. The number of carbonyl (C=O) groups is 3. The first kappa shape index (κ1) is 28.4. The van der Waals surface area contributed by atoms with Crippen LogP contribution in [0.4, 0.5) is 5.82 Å². The maximum absolute atomic E-state index is 13.1. The molecule has 0 aliphatic carbocycles. The Hall–Kier alpha value is -5.71. The summed E-state index contributed by atoms with van der Waals surface area (Å²) < 4.78 is 7.20. The molecule has 1 unspecified atom stereocenters. The van der Waals surface area contributed by atoms with Crippen LogP contribution in [-0.4, -0.2) is 56.4 Å². The van der Waals surface area contributed by atoms with Gasteiger partial charge in [-0.2, -0.15) is 4.98 Å². The van der Waals surface area contributed by atoms with Gasteiger partial charge >= 0.3 is 11.9 Å². The Morgan fingerprint density at radius 2 is 1.73 bits per heavy atom. The fraction of sp³-hybridized carbons (Fsp3) is 0.121. The summed E-state index contributed by atoms with van der Waals surface area (Å²) in [5.74, 6) is -1.41. The van der Waals surface area contributed by atoms with E-state index in [1.165, 1.54) is 0 Å². The highest BCUT2D eigenvalue weighted by atomic mass is 16.4. The van der Waals surface area contributed by atoms with Crippen LogP contribution in [0.25, 0.3) is 39.1 Å². The molecule has 3 aromatic heterocycles. The molecule has 3 aromatic carbocycles. The van der Waals surface area contributed by atoms with Crippen molar-refractivity contribution in [2.75, 3.05) is 5.32 Å². The van der Waals surface area contributed by atoms with Gasteiger partial charge in [-0.3, -0.25) is 14.2 Å². The van der Waals surface area contributed by atoms with Gasteiger partial charge in [-0.25, -0.2) is 9.78 Å². The quantitative estimate of drug-likeness (QED) is 0.145. The molecule has 2 radical (unpaired) electrons. The van der Waals surface area contributed by atoms with Crippen molar-refractivity contribution in [3.63, 3.8) is 0 Å². The zero-order valence-corrected chi connectivity index (χ0v) is 23.3. The van der Waals surface area contributed by atoms with Crippen molar-refractivity contribution in [3.05, 3.63) is 102 Å². The third-order valence-electron chi connectivity index (χ3n) is 7.29. The molecule has 0 amide bonds. The second kappa shape index (κ2) is 11.9. The second-order valence-corrected chi connectivity index (χ2v) is 10.3. The molecule has 0 aliphatic rings. The van der Waals surface area contributed by atoms with Crippen molar-refractivity contribution in [1.82, 2.24) is 14.5 Å². The molecule has 0 fully saturated rings. The third-order valence-corrected chi connectivity index (χ3v) is 7.29. The van der Waals surface area contributed by atoms with Gasteiger partial charge in [0.15, 0.2) is 5.78 Å². The molecule has 44 heavy (non-hydrogen) atoms. The normalized spacial score (nSPS) is 11.9. The number of carboxylic acids is 2. The van der Waals surface area contributed by atoms with E-state index in [-0.39, 0.29) is 42.4 Å². The van der Waals surface area contributed by atoms with E-state index < -0.39 is 18.0 Å². The van der Waals surface area contributed by atoms with E-state index in [1.54, 1.807) is 47.4 Å². The van der Waals surface area contributed by atoms with Crippen LogP contribution in [0.3, 0.4) is 0 Å². The number of rotatable bonds is 11. The average Bonchev–Trinajstić information content (AvgIpc) is 3.68. The molecular weight excluding hydrogens is 559 g/mol. The summed E-state index contributed by atoms with van der Waals surface area (Å²) in [6, 6.07) is 22.4. The lowest BCUT2D eigenvalue weighted by Gasteiger charge is -2.18. The molecule has 0 saturated carbocycles. The van der Waals surface area contributed by atoms with Crippen LogP contribution >= 0.6 is 0 Å². The van der Waals surface area contributed by atoms with E-state index in [9.17, 15) is 19.5 Å². The molecule has 11 heteroatoms. The summed E-state index contributed by atoms with van der Waals surface area (Å²) >= 11 is 0. The number of hydrogen-bond acceptors (Lipinski definition) is 7. The minimum atomic E-state index is -1.08. The van der Waals surface area contributed by atoms with E-state index >= 15 is 0 Å². The van der Waals surface area contributed by atoms with Gasteiger partial charge in [0, 0.05) is 40.9 Å². The zero-order chi connectivity index (χ0) is 30.8. The number of furan rings is 1. The molecular formula is C33H25BN4O6. The van der Waals surface area contributed by atoms with E-state index in [4.69, 9.17) is 27.3 Å². The number of aliphatic carboxylic acids is 2. The Bertz CT molecular complexity index is 2020. The Morgan fingerprint density at radius 1 is 0.909 bits per heavy atom. The largest absolute Gasteiger partial charge is 0.481 e. The maximum atomic E-state index is 13.1. The molecule has 1 atom stereocenters.